The fraction of sp³-hybridized carbons (Fsp3) is 0.750. The van der Waals surface area contributed by atoms with Crippen LogP contribution in [0.2, 0.25) is 0 Å². The number of nitrogens with zero attached hydrogens (tertiary/aromatic N) is 2. The highest BCUT2D eigenvalue weighted by molar-refractivity contribution is 7.99. The van der Waals surface area contributed by atoms with Gasteiger partial charge < -0.3 is 10.4 Å². The summed E-state index contributed by atoms with van der Waals surface area (Å²) in [5.74, 6) is 2.43. The van der Waals surface area contributed by atoms with E-state index in [-0.39, 0.29) is 0 Å². The monoisotopic (exact) mass is 255 g/mol. The van der Waals surface area contributed by atoms with Crippen LogP contribution in [0, 0.1) is 0 Å². The van der Waals surface area contributed by atoms with Crippen LogP contribution in [0.5, 0.6) is 0 Å². The average molecular weight is 255 g/mol. The van der Waals surface area contributed by atoms with Gasteiger partial charge in [0.2, 0.25) is 0 Å². The van der Waals surface area contributed by atoms with Gasteiger partial charge in [-0.15, -0.1) is 0 Å². The largest absolute Gasteiger partial charge is 0.384 e. The Hall–Kier alpha value is -0.520. The van der Waals surface area contributed by atoms with E-state index in [0.29, 0.717) is 12.6 Å². The third kappa shape index (κ3) is 3.47. The Labute approximate surface area is 107 Å². The van der Waals surface area contributed by atoms with E-state index in [2.05, 4.69) is 10.4 Å². The molecule has 1 aliphatic heterocycles. The summed E-state index contributed by atoms with van der Waals surface area (Å²) in [4.78, 5) is 0. The fourth-order valence-electron chi connectivity index (χ4n) is 2.05. The number of rotatable bonds is 4. The first kappa shape index (κ1) is 12.9. The van der Waals surface area contributed by atoms with E-state index >= 15 is 0 Å². The Balaban J connectivity index is 1.88. The zero-order valence-electron chi connectivity index (χ0n) is 10.5. The summed E-state index contributed by atoms with van der Waals surface area (Å²) in [5, 5.41) is 18.0. The number of thioether (sulfide) groups is 1. The number of hydrogen-bond donors (Lipinski definition) is 2. The lowest BCUT2D eigenvalue weighted by molar-refractivity contribution is 0.0541. The maximum atomic E-state index is 10.4. The van der Waals surface area contributed by atoms with Crippen molar-refractivity contribution in [1.29, 1.82) is 0 Å². The van der Waals surface area contributed by atoms with Crippen molar-refractivity contribution in [1.82, 2.24) is 15.1 Å². The second-order valence-corrected chi connectivity index (χ2v) is 6.12. The van der Waals surface area contributed by atoms with E-state index in [9.17, 15) is 5.11 Å². The SMILES string of the molecule is Cn1cc(C(C)(O)CNC2CCCSC2)cn1. The van der Waals surface area contributed by atoms with Crippen LogP contribution in [0.3, 0.4) is 0 Å². The molecule has 1 aromatic heterocycles. The summed E-state index contributed by atoms with van der Waals surface area (Å²) in [7, 11) is 1.87. The van der Waals surface area contributed by atoms with Crippen molar-refractivity contribution in [3.8, 4) is 0 Å². The van der Waals surface area contributed by atoms with Crippen molar-refractivity contribution >= 4 is 11.8 Å². The second-order valence-electron chi connectivity index (χ2n) is 4.97. The van der Waals surface area contributed by atoms with Gasteiger partial charge in [-0.3, -0.25) is 4.68 Å². The zero-order valence-corrected chi connectivity index (χ0v) is 11.3. The predicted octanol–water partition coefficient (Wildman–Crippen LogP) is 1.11. The molecule has 2 unspecified atom stereocenters. The van der Waals surface area contributed by atoms with Crippen LogP contribution in [-0.2, 0) is 12.6 Å². The minimum atomic E-state index is -0.837. The summed E-state index contributed by atoms with van der Waals surface area (Å²) in [5.41, 5.74) is 0.0343. The van der Waals surface area contributed by atoms with E-state index in [1.165, 1.54) is 18.6 Å². The molecule has 4 nitrogen and oxygen atoms in total. The normalized spacial score (nSPS) is 24.5. The number of nitrogens with one attached hydrogen (secondary N) is 1. The van der Waals surface area contributed by atoms with Gasteiger partial charge in [0.25, 0.3) is 0 Å². The molecule has 0 radical (unpaired) electrons. The topological polar surface area (TPSA) is 50.1 Å². The first-order chi connectivity index (χ1) is 8.08. The molecule has 2 rings (SSSR count). The molecular weight excluding hydrogens is 234 g/mol. The van der Waals surface area contributed by atoms with Gasteiger partial charge >= 0.3 is 0 Å². The van der Waals surface area contributed by atoms with Gasteiger partial charge in [-0.25, -0.2) is 0 Å². The van der Waals surface area contributed by atoms with Crippen molar-refractivity contribution in [2.45, 2.75) is 31.4 Å². The number of aromatic nitrogens is 2. The molecule has 17 heavy (non-hydrogen) atoms. The Kier molecular flexibility index (Phi) is 4.12. The highest BCUT2D eigenvalue weighted by Gasteiger charge is 2.26. The lowest BCUT2D eigenvalue weighted by Crippen LogP contribution is -2.42. The summed E-state index contributed by atoms with van der Waals surface area (Å²) in [6.07, 6.45) is 6.10. The van der Waals surface area contributed by atoms with Crippen LogP contribution in [0.25, 0.3) is 0 Å². The molecule has 0 bridgehead atoms. The van der Waals surface area contributed by atoms with Gasteiger partial charge in [0, 0.05) is 37.1 Å². The molecule has 1 aromatic rings. The van der Waals surface area contributed by atoms with Gasteiger partial charge in [0.1, 0.15) is 5.60 Å². The van der Waals surface area contributed by atoms with Gasteiger partial charge in [-0.2, -0.15) is 16.9 Å². The molecule has 0 amide bonds. The minimum absolute atomic E-state index is 0.539. The Morgan fingerprint density at radius 1 is 1.71 bits per heavy atom. The van der Waals surface area contributed by atoms with E-state index in [4.69, 9.17) is 0 Å². The Morgan fingerprint density at radius 3 is 3.12 bits per heavy atom. The van der Waals surface area contributed by atoms with Gasteiger partial charge in [0.15, 0.2) is 0 Å². The van der Waals surface area contributed by atoms with Crippen LogP contribution < -0.4 is 5.32 Å². The minimum Gasteiger partial charge on any atom is -0.384 e. The maximum absolute atomic E-state index is 10.4. The predicted molar refractivity (Wildman–Crippen MR) is 71.1 cm³/mol. The number of aliphatic hydroxyl groups is 1. The zero-order chi connectivity index (χ0) is 12.3. The van der Waals surface area contributed by atoms with Crippen LogP contribution in [0.4, 0.5) is 0 Å². The van der Waals surface area contributed by atoms with Crippen LogP contribution in [-0.4, -0.2) is 39.0 Å². The lowest BCUT2D eigenvalue weighted by Gasteiger charge is -2.28. The first-order valence-electron chi connectivity index (χ1n) is 6.10. The van der Waals surface area contributed by atoms with Crippen LogP contribution in [0.15, 0.2) is 12.4 Å². The molecule has 0 spiro atoms. The second kappa shape index (κ2) is 5.42. The quantitative estimate of drug-likeness (QED) is 0.846. The molecule has 1 fully saturated rings. The maximum Gasteiger partial charge on any atom is 0.102 e. The van der Waals surface area contributed by atoms with Gasteiger partial charge in [0.05, 0.1) is 6.20 Å². The molecule has 1 aliphatic rings. The van der Waals surface area contributed by atoms with Crippen molar-refractivity contribution < 1.29 is 5.11 Å². The van der Waals surface area contributed by atoms with E-state index < -0.39 is 5.60 Å². The summed E-state index contributed by atoms with van der Waals surface area (Å²) in [6.45, 7) is 2.43. The third-order valence-electron chi connectivity index (χ3n) is 3.22. The summed E-state index contributed by atoms with van der Waals surface area (Å²) < 4.78 is 1.72. The molecule has 1 saturated heterocycles. The summed E-state index contributed by atoms with van der Waals surface area (Å²) in [6, 6.07) is 0.539. The lowest BCUT2D eigenvalue weighted by atomic mass is 9.99. The molecule has 2 atom stereocenters. The van der Waals surface area contributed by atoms with Crippen LogP contribution in [0.1, 0.15) is 25.3 Å². The third-order valence-corrected chi connectivity index (χ3v) is 4.44. The molecule has 2 N–H and O–H groups in total. The van der Waals surface area contributed by atoms with Crippen molar-refractivity contribution in [3.05, 3.63) is 18.0 Å². The molecular formula is C12H21N3OS. The molecule has 0 saturated carbocycles. The molecule has 0 aliphatic carbocycles. The molecule has 0 aromatic carbocycles. The average Bonchev–Trinajstić information content (AvgIpc) is 2.76. The molecule has 5 heteroatoms. The summed E-state index contributed by atoms with van der Waals surface area (Å²) >= 11 is 1.99. The standard InChI is InChI=1S/C12H21N3OS/c1-12(16,10-6-14-15(2)7-10)9-13-11-4-3-5-17-8-11/h6-7,11,13,16H,3-5,8-9H2,1-2H3. The number of hydrogen-bond acceptors (Lipinski definition) is 4. The van der Waals surface area contributed by atoms with E-state index in [1.807, 2.05) is 31.9 Å². The Bertz CT molecular complexity index is 358. The van der Waals surface area contributed by atoms with E-state index in [0.717, 1.165) is 11.3 Å². The highest BCUT2D eigenvalue weighted by Crippen LogP contribution is 2.21. The van der Waals surface area contributed by atoms with Gasteiger partial charge in [-0.1, -0.05) is 0 Å². The number of aryl methyl sites for hydroxylation is 1. The van der Waals surface area contributed by atoms with Crippen molar-refractivity contribution in [2.24, 2.45) is 7.05 Å². The van der Waals surface area contributed by atoms with Crippen molar-refractivity contribution in [2.75, 3.05) is 18.1 Å². The van der Waals surface area contributed by atoms with Crippen LogP contribution >= 0.6 is 11.8 Å². The fourth-order valence-corrected chi connectivity index (χ4v) is 3.15. The first-order valence-corrected chi connectivity index (χ1v) is 7.26. The van der Waals surface area contributed by atoms with Gasteiger partial charge in [-0.05, 0) is 25.5 Å². The smallest absolute Gasteiger partial charge is 0.102 e. The highest BCUT2D eigenvalue weighted by atomic mass is 32.2. The van der Waals surface area contributed by atoms with Crippen molar-refractivity contribution in [3.63, 3.8) is 0 Å². The molecule has 2 heterocycles. The molecule has 96 valence electrons. The van der Waals surface area contributed by atoms with E-state index in [1.54, 1.807) is 10.9 Å². The Morgan fingerprint density at radius 2 is 2.53 bits per heavy atom.